The van der Waals surface area contributed by atoms with E-state index in [2.05, 4.69) is 30.2 Å². The third-order valence-corrected chi connectivity index (χ3v) is 1.71. The zero-order valence-corrected chi connectivity index (χ0v) is 8.65. The van der Waals surface area contributed by atoms with Gasteiger partial charge >= 0.3 is 0 Å². The Balaban J connectivity index is 3.70. The quantitative estimate of drug-likeness (QED) is 0.494. The van der Waals surface area contributed by atoms with E-state index in [1.807, 2.05) is 14.0 Å². The van der Waals surface area contributed by atoms with Crippen LogP contribution in [0, 0.1) is 0 Å². The third kappa shape index (κ3) is 5.96. The van der Waals surface area contributed by atoms with Gasteiger partial charge in [-0.2, -0.15) is 0 Å². The number of aliphatic imine (C=N–C) groups is 1. The molecule has 2 nitrogen and oxygen atoms in total. The van der Waals surface area contributed by atoms with Crippen LogP contribution >= 0.6 is 0 Å². The lowest BCUT2D eigenvalue weighted by atomic mass is 10.3. The molecule has 70 valence electrons. The fraction of sp³-hybridized carbons (Fsp3) is 0.700. The third-order valence-electron chi connectivity index (χ3n) is 1.71. The summed E-state index contributed by atoms with van der Waals surface area (Å²) >= 11 is 0. The van der Waals surface area contributed by atoms with Crippen LogP contribution in [0.25, 0.3) is 0 Å². The van der Waals surface area contributed by atoms with Gasteiger partial charge in [-0.05, 0) is 26.3 Å². The van der Waals surface area contributed by atoms with E-state index in [0.717, 1.165) is 12.3 Å². The smallest absolute Gasteiger partial charge is 0.0330 e. The molecule has 0 aliphatic rings. The van der Waals surface area contributed by atoms with Gasteiger partial charge in [-0.25, -0.2) is 0 Å². The number of allylic oxidation sites excluding steroid dienone is 2. The first kappa shape index (κ1) is 11.2. The molecule has 0 spiro atoms. The van der Waals surface area contributed by atoms with Crippen LogP contribution in [0.2, 0.25) is 0 Å². The molecule has 0 aromatic heterocycles. The van der Waals surface area contributed by atoms with Crippen LogP contribution in [0.3, 0.4) is 0 Å². The minimum absolute atomic E-state index is 1.07. The van der Waals surface area contributed by atoms with Crippen LogP contribution in [-0.2, 0) is 0 Å². The van der Waals surface area contributed by atoms with Gasteiger partial charge in [-0.15, -0.1) is 0 Å². The van der Waals surface area contributed by atoms with E-state index < -0.39 is 0 Å². The van der Waals surface area contributed by atoms with Crippen molar-refractivity contribution in [2.24, 2.45) is 4.99 Å². The molecule has 2 heteroatoms. The molecule has 0 bridgehead atoms. The molecule has 0 aromatic rings. The highest BCUT2D eigenvalue weighted by Crippen LogP contribution is 1.90. The summed E-state index contributed by atoms with van der Waals surface area (Å²) in [6.45, 7) is 7.34. The summed E-state index contributed by atoms with van der Waals surface area (Å²) in [5.74, 6) is 0. The second kappa shape index (κ2) is 6.89. The molecule has 12 heavy (non-hydrogen) atoms. The molecule has 0 saturated heterocycles. The van der Waals surface area contributed by atoms with Gasteiger partial charge in [0, 0.05) is 25.0 Å². The summed E-state index contributed by atoms with van der Waals surface area (Å²) in [7, 11) is 1.81. The maximum absolute atomic E-state index is 4.06. The predicted molar refractivity (Wildman–Crippen MR) is 55.7 cm³/mol. The average molecular weight is 168 g/mol. The summed E-state index contributed by atoms with van der Waals surface area (Å²) in [5.41, 5.74) is 2.27. The van der Waals surface area contributed by atoms with Gasteiger partial charge in [-0.3, -0.25) is 4.99 Å². The average Bonchev–Trinajstić information content (AvgIpc) is 2.05. The Bertz CT molecular complexity index is 169. The van der Waals surface area contributed by atoms with E-state index in [9.17, 15) is 0 Å². The van der Waals surface area contributed by atoms with Crippen LogP contribution in [-0.4, -0.2) is 19.3 Å². The van der Waals surface area contributed by atoms with Gasteiger partial charge in [0.2, 0.25) is 0 Å². The van der Waals surface area contributed by atoms with Crippen molar-refractivity contribution in [1.29, 1.82) is 0 Å². The van der Waals surface area contributed by atoms with Crippen LogP contribution < -0.4 is 5.32 Å². The molecule has 0 aromatic carbocycles. The molecule has 0 fully saturated rings. The van der Waals surface area contributed by atoms with E-state index in [0.29, 0.717) is 0 Å². The van der Waals surface area contributed by atoms with Crippen LogP contribution in [0.15, 0.2) is 16.8 Å². The molecule has 0 rings (SSSR count). The van der Waals surface area contributed by atoms with Crippen molar-refractivity contribution in [2.45, 2.75) is 33.6 Å². The summed E-state index contributed by atoms with van der Waals surface area (Å²) < 4.78 is 0. The predicted octanol–water partition coefficient (Wildman–Crippen LogP) is 2.37. The Kier molecular flexibility index (Phi) is 6.44. The molecule has 0 heterocycles. The first-order valence-electron chi connectivity index (χ1n) is 4.56. The van der Waals surface area contributed by atoms with Gasteiger partial charge in [0.1, 0.15) is 0 Å². The standard InChI is InChI=1S/C10H20N2/c1-5-6-7-12-10(3)8-9(2)11-4/h8,12H,5-7H2,1-4H3. The molecule has 1 N–H and O–H groups in total. The highest BCUT2D eigenvalue weighted by atomic mass is 14.9. The highest BCUT2D eigenvalue weighted by Gasteiger charge is 1.88. The Labute approximate surface area is 75.8 Å². The summed E-state index contributed by atoms with van der Waals surface area (Å²) in [6, 6.07) is 0. The molecule has 0 aliphatic carbocycles. The Morgan fingerprint density at radius 2 is 2.08 bits per heavy atom. The lowest BCUT2D eigenvalue weighted by Gasteiger charge is -2.04. The number of unbranched alkanes of at least 4 members (excludes halogenated alkanes) is 1. The first-order chi connectivity index (χ1) is 5.70. The van der Waals surface area contributed by atoms with Gasteiger partial charge < -0.3 is 5.32 Å². The summed E-state index contributed by atoms with van der Waals surface area (Å²) in [4.78, 5) is 4.06. The number of rotatable bonds is 5. The van der Waals surface area contributed by atoms with E-state index in [1.54, 1.807) is 0 Å². The minimum atomic E-state index is 1.07. The second-order valence-electron chi connectivity index (χ2n) is 2.97. The molecular formula is C10H20N2. The van der Waals surface area contributed by atoms with Crippen molar-refractivity contribution in [3.05, 3.63) is 11.8 Å². The molecule has 0 amide bonds. The number of hydrogen-bond donors (Lipinski definition) is 1. The van der Waals surface area contributed by atoms with Gasteiger partial charge in [0.25, 0.3) is 0 Å². The normalized spacial score (nSPS) is 13.3. The van der Waals surface area contributed by atoms with Crippen molar-refractivity contribution in [3.63, 3.8) is 0 Å². The largest absolute Gasteiger partial charge is 0.389 e. The molecule has 0 atom stereocenters. The van der Waals surface area contributed by atoms with Crippen molar-refractivity contribution in [1.82, 2.24) is 5.32 Å². The molecule has 0 radical (unpaired) electrons. The van der Waals surface area contributed by atoms with Crippen molar-refractivity contribution in [3.8, 4) is 0 Å². The first-order valence-corrected chi connectivity index (χ1v) is 4.56. The Hall–Kier alpha value is -0.790. The zero-order chi connectivity index (χ0) is 9.40. The van der Waals surface area contributed by atoms with Crippen LogP contribution in [0.5, 0.6) is 0 Å². The van der Waals surface area contributed by atoms with Crippen molar-refractivity contribution < 1.29 is 0 Å². The SMILES string of the molecule is CCCCNC(C)=CC(C)=NC. The van der Waals surface area contributed by atoms with E-state index in [1.165, 1.54) is 18.5 Å². The maximum Gasteiger partial charge on any atom is 0.0330 e. The molecule has 0 saturated carbocycles. The molecule has 0 aliphatic heterocycles. The van der Waals surface area contributed by atoms with Gasteiger partial charge in [0.05, 0.1) is 0 Å². The summed E-state index contributed by atoms with van der Waals surface area (Å²) in [5, 5.41) is 3.33. The van der Waals surface area contributed by atoms with E-state index in [-0.39, 0.29) is 0 Å². The second-order valence-corrected chi connectivity index (χ2v) is 2.97. The lowest BCUT2D eigenvalue weighted by molar-refractivity contribution is 0.711. The fourth-order valence-corrected chi connectivity index (χ4v) is 0.891. The Morgan fingerprint density at radius 3 is 2.58 bits per heavy atom. The fourth-order valence-electron chi connectivity index (χ4n) is 0.891. The van der Waals surface area contributed by atoms with E-state index >= 15 is 0 Å². The highest BCUT2D eigenvalue weighted by molar-refractivity contribution is 5.93. The van der Waals surface area contributed by atoms with Crippen LogP contribution in [0.1, 0.15) is 33.6 Å². The minimum Gasteiger partial charge on any atom is -0.389 e. The topological polar surface area (TPSA) is 24.4 Å². The monoisotopic (exact) mass is 168 g/mol. The van der Waals surface area contributed by atoms with Crippen molar-refractivity contribution >= 4 is 5.71 Å². The van der Waals surface area contributed by atoms with Gasteiger partial charge in [-0.1, -0.05) is 13.3 Å². The maximum atomic E-state index is 4.06. The zero-order valence-electron chi connectivity index (χ0n) is 8.65. The summed E-state index contributed by atoms with van der Waals surface area (Å²) in [6.07, 6.45) is 4.53. The van der Waals surface area contributed by atoms with Crippen LogP contribution in [0.4, 0.5) is 0 Å². The number of nitrogens with zero attached hydrogens (tertiary/aromatic N) is 1. The van der Waals surface area contributed by atoms with E-state index in [4.69, 9.17) is 0 Å². The van der Waals surface area contributed by atoms with Crippen molar-refractivity contribution in [2.75, 3.05) is 13.6 Å². The lowest BCUT2D eigenvalue weighted by Crippen LogP contribution is -2.13. The molecule has 0 unspecified atom stereocenters. The number of hydrogen-bond acceptors (Lipinski definition) is 2. The molecular weight excluding hydrogens is 148 g/mol. The number of nitrogens with one attached hydrogen (secondary N) is 1. The van der Waals surface area contributed by atoms with Gasteiger partial charge in [0.15, 0.2) is 0 Å². The Morgan fingerprint density at radius 1 is 1.42 bits per heavy atom.